The molecule has 1 amide bonds. The lowest BCUT2D eigenvalue weighted by Crippen LogP contribution is -2.47. The summed E-state index contributed by atoms with van der Waals surface area (Å²) >= 11 is 0. The highest BCUT2D eigenvalue weighted by molar-refractivity contribution is 5.96. The number of benzene rings is 2. The second kappa shape index (κ2) is 13.5. The molecule has 0 bridgehead atoms. The summed E-state index contributed by atoms with van der Waals surface area (Å²) in [7, 11) is 1.78. The van der Waals surface area contributed by atoms with Crippen LogP contribution in [0, 0.1) is 23.2 Å². The van der Waals surface area contributed by atoms with Gasteiger partial charge in [0, 0.05) is 45.5 Å². The minimum Gasteiger partial charge on any atom is -0.507 e. The van der Waals surface area contributed by atoms with Crippen molar-refractivity contribution in [1.29, 1.82) is 5.26 Å². The molecule has 2 aromatic rings. The van der Waals surface area contributed by atoms with Crippen LogP contribution in [0.4, 0.5) is 5.69 Å². The molecule has 1 aliphatic heterocycles. The molecule has 1 atom stereocenters. The highest BCUT2D eigenvalue weighted by atomic mass is 16.5. The SMILES string of the molecule is COC(CCNC(=O)c1ccccc1O)C1CCC(CCN2CCN(c3cccc(C#N)c3)CC2)CC1. The van der Waals surface area contributed by atoms with Crippen LogP contribution in [0.2, 0.25) is 0 Å². The Bertz CT molecular complexity index is 1050. The number of anilines is 1. The second-order valence-corrected chi connectivity index (χ2v) is 10.4. The number of para-hydroxylation sites is 1. The van der Waals surface area contributed by atoms with E-state index in [-0.39, 0.29) is 17.8 Å². The minimum absolute atomic E-state index is 0.00822. The Kier molecular flexibility index (Phi) is 9.81. The third-order valence-electron chi connectivity index (χ3n) is 8.15. The minimum atomic E-state index is -0.242. The van der Waals surface area contributed by atoms with Crippen LogP contribution >= 0.6 is 0 Å². The molecule has 0 aromatic heterocycles. The molecule has 7 nitrogen and oxygen atoms in total. The van der Waals surface area contributed by atoms with Gasteiger partial charge in [-0.25, -0.2) is 0 Å². The number of carbonyl (C=O) groups excluding carboxylic acids is 1. The smallest absolute Gasteiger partial charge is 0.255 e. The number of rotatable bonds is 10. The van der Waals surface area contributed by atoms with Gasteiger partial charge in [-0.15, -0.1) is 0 Å². The van der Waals surface area contributed by atoms with Crippen molar-refractivity contribution in [3.05, 3.63) is 59.7 Å². The van der Waals surface area contributed by atoms with Crippen LogP contribution in [0.5, 0.6) is 5.75 Å². The molecule has 4 rings (SSSR count). The first kappa shape index (κ1) is 27.0. The van der Waals surface area contributed by atoms with E-state index >= 15 is 0 Å². The maximum absolute atomic E-state index is 12.3. The Hall–Kier alpha value is -3.08. The van der Waals surface area contributed by atoms with Crippen LogP contribution in [0.15, 0.2) is 48.5 Å². The molecule has 1 saturated heterocycles. The van der Waals surface area contributed by atoms with Crippen LogP contribution in [0.3, 0.4) is 0 Å². The number of piperazine rings is 1. The summed E-state index contributed by atoms with van der Waals surface area (Å²) in [6, 6.07) is 16.8. The maximum Gasteiger partial charge on any atom is 0.255 e. The van der Waals surface area contributed by atoms with Crippen molar-refractivity contribution < 1.29 is 14.6 Å². The monoisotopic (exact) mass is 504 g/mol. The number of nitrogens with one attached hydrogen (secondary N) is 1. The molecule has 1 saturated carbocycles. The second-order valence-electron chi connectivity index (χ2n) is 10.4. The third-order valence-corrected chi connectivity index (χ3v) is 8.15. The van der Waals surface area contributed by atoms with Crippen molar-refractivity contribution in [2.75, 3.05) is 51.3 Å². The van der Waals surface area contributed by atoms with Crippen molar-refractivity contribution in [3.63, 3.8) is 0 Å². The molecule has 2 aliphatic rings. The third kappa shape index (κ3) is 7.47. The molecule has 1 unspecified atom stereocenters. The molecule has 2 N–H and O–H groups in total. The van der Waals surface area contributed by atoms with Gasteiger partial charge in [0.25, 0.3) is 5.91 Å². The summed E-state index contributed by atoms with van der Waals surface area (Å²) in [5.41, 5.74) is 2.19. The lowest BCUT2D eigenvalue weighted by atomic mass is 9.77. The summed E-state index contributed by atoms with van der Waals surface area (Å²) in [6.07, 6.45) is 7.04. The molecular weight excluding hydrogens is 464 g/mol. The molecule has 1 heterocycles. The van der Waals surface area contributed by atoms with Crippen LogP contribution in [-0.4, -0.2) is 68.4 Å². The van der Waals surface area contributed by atoms with Crippen LogP contribution in [-0.2, 0) is 4.74 Å². The van der Waals surface area contributed by atoms with Gasteiger partial charge in [-0.05, 0) is 74.4 Å². The highest BCUT2D eigenvalue weighted by Crippen LogP contribution is 2.34. The van der Waals surface area contributed by atoms with Gasteiger partial charge in [-0.1, -0.05) is 31.0 Å². The van der Waals surface area contributed by atoms with Crippen LogP contribution < -0.4 is 10.2 Å². The molecule has 1 aliphatic carbocycles. The largest absolute Gasteiger partial charge is 0.507 e. The quantitative estimate of drug-likeness (QED) is 0.498. The van der Waals surface area contributed by atoms with E-state index in [4.69, 9.17) is 10.00 Å². The molecule has 37 heavy (non-hydrogen) atoms. The van der Waals surface area contributed by atoms with E-state index in [1.54, 1.807) is 25.3 Å². The Balaban J connectivity index is 1.13. The zero-order chi connectivity index (χ0) is 26.0. The van der Waals surface area contributed by atoms with Crippen molar-refractivity contribution in [2.24, 2.45) is 11.8 Å². The van der Waals surface area contributed by atoms with Gasteiger partial charge >= 0.3 is 0 Å². The number of nitrogens with zero attached hydrogens (tertiary/aromatic N) is 3. The van der Waals surface area contributed by atoms with E-state index in [2.05, 4.69) is 27.3 Å². The number of amides is 1. The first-order chi connectivity index (χ1) is 18.1. The number of carbonyl (C=O) groups is 1. The first-order valence-corrected chi connectivity index (χ1v) is 13.6. The van der Waals surface area contributed by atoms with Crippen molar-refractivity contribution in [3.8, 4) is 11.8 Å². The Morgan fingerprint density at radius 3 is 2.57 bits per heavy atom. The number of ether oxygens (including phenoxy) is 1. The Labute approximate surface area is 221 Å². The molecule has 0 radical (unpaired) electrons. The van der Waals surface area contributed by atoms with Crippen molar-refractivity contribution >= 4 is 11.6 Å². The topological polar surface area (TPSA) is 88.8 Å². The molecule has 7 heteroatoms. The van der Waals surface area contributed by atoms with Gasteiger partial charge in [0.15, 0.2) is 0 Å². The fraction of sp³-hybridized carbons (Fsp3) is 0.533. The normalized spacial score (nSPS) is 21.2. The summed E-state index contributed by atoms with van der Waals surface area (Å²) < 4.78 is 5.82. The predicted molar refractivity (Wildman–Crippen MR) is 146 cm³/mol. The van der Waals surface area contributed by atoms with E-state index in [0.29, 0.717) is 18.0 Å². The predicted octanol–water partition coefficient (Wildman–Crippen LogP) is 4.42. The lowest BCUT2D eigenvalue weighted by molar-refractivity contribution is 0.0227. The average Bonchev–Trinajstić information content (AvgIpc) is 2.95. The number of aromatic hydroxyl groups is 1. The number of methoxy groups -OCH3 is 1. The molecular formula is C30H40N4O3. The zero-order valence-corrected chi connectivity index (χ0v) is 21.9. The van der Waals surface area contributed by atoms with Gasteiger partial charge in [-0.2, -0.15) is 5.26 Å². The zero-order valence-electron chi connectivity index (χ0n) is 21.9. The van der Waals surface area contributed by atoms with E-state index in [9.17, 15) is 9.90 Å². The lowest BCUT2D eigenvalue weighted by Gasteiger charge is -2.38. The highest BCUT2D eigenvalue weighted by Gasteiger charge is 2.28. The van der Waals surface area contributed by atoms with E-state index in [1.807, 2.05) is 18.2 Å². The maximum atomic E-state index is 12.3. The number of phenolic OH excluding ortho intramolecular Hbond substituents is 1. The Morgan fingerprint density at radius 1 is 1.11 bits per heavy atom. The molecule has 0 spiro atoms. The number of nitriles is 1. The summed E-state index contributed by atoms with van der Waals surface area (Å²) in [5.74, 6) is 1.08. The summed E-state index contributed by atoms with van der Waals surface area (Å²) in [6.45, 7) is 5.87. The standard InChI is InChI=1S/C30H40N4O3/c1-37-29(13-15-32-30(36)27-7-2-3-8-28(27)35)25-11-9-23(10-12-25)14-16-33-17-19-34(20-18-33)26-6-4-5-24(21-26)22-31/h2-8,21,23,25,29,35H,9-20H2,1H3,(H,32,36). The van der Waals surface area contributed by atoms with Gasteiger partial charge in [0.2, 0.25) is 0 Å². The van der Waals surface area contributed by atoms with Crippen LogP contribution in [0.1, 0.15) is 54.4 Å². The van der Waals surface area contributed by atoms with Crippen molar-refractivity contribution in [1.82, 2.24) is 10.2 Å². The number of hydrogen-bond donors (Lipinski definition) is 2. The van der Waals surface area contributed by atoms with E-state index in [1.165, 1.54) is 38.2 Å². The molecule has 2 fully saturated rings. The number of phenols is 1. The average molecular weight is 505 g/mol. The fourth-order valence-electron chi connectivity index (χ4n) is 5.85. The van der Waals surface area contributed by atoms with Gasteiger partial charge in [0.1, 0.15) is 5.75 Å². The summed E-state index contributed by atoms with van der Waals surface area (Å²) in [5, 5.41) is 21.9. The Morgan fingerprint density at radius 2 is 1.86 bits per heavy atom. The van der Waals surface area contributed by atoms with E-state index < -0.39 is 0 Å². The van der Waals surface area contributed by atoms with E-state index in [0.717, 1.165) is 56.3 Å². The van der Waals surface area contributed by atoms with Gasteiger partial charge in [-0.3, -0.25) is 9.69 Å². The summed E-state index contributed by atoms with van der Waals surface area (Å²) in [4.78, 5) is 17.3. The van der Waals surface area contributed by atoms with Crippen LogP contribution in [0.25, 0.3) is 0 Å². The number of hydrogen-bond acceptors (Lipinski definition) is 6. The van der Waals surface area contributed by atoms with Gasteiger partial charge < -0.3 is 20.1 Å². The molecule has 198 valence electrons. The van der Waals surface area contributed by atoms with Gasteiger partial charge in [0.05, 0.1) is 23.3 Å². The molecule has 2 aromatic carbocycles. The van der Waals surface area contributed by atoms with Crippen molar-refractivity contribution in [2.45, 2.75) is 44.6 Å². The first-order valence-electron chi connectivity index (χ1n) is 13.6. The fourth-order valence-corrected chi connectivity index (χ4v) is 5.85.